The van der Waals surface area contributed by atoms with E-state index in [1.54, 1.807) is 23.5 Å². The van der Waals surface area contributed by atoms with E-state index >= 15 is 0 Å². The lowest BCUT2D eigenvalue weighted by molar-refractivity contribution is -0.118. The van der Waals surface area contributed by atoms with Gasteiger partial charge in [-0.3, -0.25) is 9.89 Å². The SMILES string of the molecule is NS(=O)(=O)c1ccc(CCNC(=O)CSc2n[nH]c(-c3cccs3)n2)cc1. The maximum absolute atomic E-state index is 11.9. The number of amides is 1. The number of sulfonamides is 1. The van der Waals surface area contributed by atoms with E-state index in [1.807, 2.05) is 17.5 Å². The Morgan fingerprint density at radius 3 is 2.70 bits per heavy atom. The van der Waals surface area contributed by atoms with E-state index in [4.69, 9.17) is 5.14 Å². The molecule has 8 nitrogen and oxygen atoms in total. The van der Waals surface area contributed by atoms with Gasteiger partial charge in [-0.15, -0.1) is 16.4 Å². The fourth-order valence-electron chi connectivity index (χ4n) is 2.21. The number of rotatable bonds is 8. The fraction of sp³-hybridized carbons (Fsp3) is 0.188. The zero-order chi connectivity index (χ0) is 19.3. The van der Waals surface area contributed by atoms with E-state index in [1.165, 1.54) is 23.9 Å². The number of aromatic amines is 1. The van der Waals surface area contributed by atoms with Gasteiger partial charge in [0.05, 0.1) is 15.5 Å². The molecular formula is C16H17N5O3S3. The first-order chi connectivity index (χ1) is 12.9. The topological polar surface area (TPSA) is 131 Å². The van der Waals surface area contributed by atoms with Crippen LogP contribution in [0.2, 0.25) is 0 Å². The normalized spacial score (nSPS) is 11.4. The molecule has 0 radical (unpaired) electrons. The van der Waals surface area contributed by atoms with Crippen molar-refractivity contribution in [2.45, 2.75) is 16.5 Å². The van der Waals surface area contributed by atoms with Crippen molar-refractivity contribution in [1.29, 1.82) is 0 Å². The number of benzene rings is 1. The number of primary sulfonamides is 1. The molecule has 0 aliphatic heterocycles. The zero-order valence-corrected chi connectivity index (χ0v) is 16.5. The third kappa shape index (κ3) is 5.63. The average Bonchev–Trinajstić information content (AvgIpc) is 3.31. The summed E-state index contributed by atoms with van der Waals surface area (Å²) in [5, 5.41) is 17.3. The molecule has 4 N–H and O–H groups in total. The van der Waals surface area contributed by atoms with Crippen LogP contribution in [0.25, 0.3) is 10.7 Å². The van der Waals surface area contributed by atoms with Crippen LogP contribution < -0.4 is 10.5 Å². The van der Waals surface area contributed by atoms with Crippen molar-refractivity contribution in [1.82, 2.24) is 20.5 Å². The van der Waals surface area contributed by atoms with Crippen LogP contribution in [0.5, 0.6) is 0 Å². The number of carbonyl (C=O) groups is 1. The van der Waals surface area contributed by atoms with Crippen molar-refractivity contribution in [2.75, 3.05) is 12.3 Å². The van der Waals surface area contributed by atoms with Crippen LogP contribution in [0, 0.1) is 0 Å². The van der Waals surface area contributed by atoms with Gasteiger partial charge in [-0.2, -0.15) is 0 Å². The number of hydrogen-bond acceptors (Lipinski definition) is 7. The molecule has 142 valence electrons. The summed E-state index contributed by atoms with van der Waals surface area (Å²) >= 11 is 2.82. The van der Waals surface area contributed by atoms with Crippen LogP contribution in [-0.2, 0) is 21.2 Å². The van der Waals surface area contributed by atoms with Gasteiger partial charge in [0.2, 0.25) is 21.1 Å². The fourth-order valence-corrected chi connectivity index (χ4v) is 4.02. The Hall–Kier alpha value is -2.21. The molecule has 0 saturated carbocycles. The minimum absolute atomic E-state index is 0.0695. The van der Waals surface area contributed by atoms with Crippen LogP contribution >= 0.6 is 23.1 Å². The predicted octanol–water partition coefficient (Wildman–Crippen LogP) is 1.63. The van der Waals surface area contributed by atoms with Crippen LogP contribution in [0.1, 0.15) is 5.56 Å². The lowest BCUT2D eigenvalue weighted by atomic mass is 10.1. The number of nitrogens with zero attached hydrogens (tertiary/aromatic N) is 2. The van der Waals surface area contributed by atoms with Crippen molar-refractivity contribution < 1.29 is 13.2 Å². The Kier molecular flexibility index (Phi) is 6.26. The van der Waals surface area contributed by atoms with Crippen molar-refractivity contribution in [2.24, 2.45) is 5.14 Å². The van der Waals surface area contributed by atoms with E-state index in [2.05, 4.69) is 20.5 Å². The first-order valence-corrected chi connectivity index (χ1v) is 11.3. The predicted molar refractivity (Wildman–Crippen MR) is 105 cm³/mol. The van der Waals surface area contributed by atoms with E-state index in [9.17, 15) is 13.2 Å². The van der Waals surface area contributed by atoms with Crippen LogP contribution in [0.15, 0.2) is 51.8 Å². The molecule has 0 fully saturated rings. The van der Waals surface area contributed by atoms with Gasteiger partial charge in [0.25, 0.3) is 0 Å². The van der Waals surface area contributed by atoms with Crippen LogP contribution in [-0.4, -0.2) is 41.8 Å². The largest absolute Gasteiger partial charge is 0.355 e. The summed E-state index contributed by atoms with van der Waals surface area (Å²) in [6, 6.07) is 10.2. The number of nitrogens with one attached hydrogen (secondary N) is 2. The van der Waals surface area contributed by atoms with Crippen LogP contribution in [0.3, 0.4) is 0 Å². The highest BCUT2D eigenvalue weighted by Crippen LogP contribution is 2.22. The Balaban J connectivity index is 1.41. The van der Waals surface area contributed by atoms with Gasteiger partial charge in [0.15, 0.2) is 5.82 Å². The minimum Gasteiger partial charge on any atom is -0.355 e. The average molecular weight is 424 g/mol. The lowest BCUT2D eigenvalue weighted by Crippen LogP contribution is -2.27. The first kappa shape index (κ1) is 19.5. The molecule has 0 saturated heterocycles. The number of aromatic nitrogens is 3. The van der Waals surface area contributed by atoms with E-state index < -0.39 is 10.0 Å². The molecule has 3 rings (SSSR count). The van der Waals surface area contributed by atoms with Gasteiger partial charge in [0, 0.05) is 6.54 Å². The molecule has 0 unspecified atom stereocenters. The van der Waals surface area contributed by atoms with Gasteiger partial charge in [-0.25, -0.2) is 18.5 Å². The third-order valence-electron chi connectivity index (χ3n) is 3.54. The molecule has 1 amide bonds. The van der Waals surface area contributed by atoms with Gasteiger partial charge >= 0.3 is 0 Å². The second kappa shape index (κ2) is 8.65. The second-order valence-electron chi connectivity index (χ2n) is 5.52. The number of thiophene rings is 1. The van der Waals surface area contributed by atoms with Gasteiger partial charge in [-0.1, -0.05) is 30.0 Å². The highest BCUT2D eigenvalue weighted by molar-refractivity contribution is 7.99. The molecule has 0 bridgehead atoms. The molecular weight excluding hydrogens is 406 g/mol. The highest BCUT2D eigenvalue weighted by atomic mass is 32.2. The van der Waals surface area contributed by atoms with E-state index in [0.29, 0.717) is 23.9 Å². The molecule has 1 aromatic carbocycles. The van der Waals surface area contributed by atoms with Gasteiger partial charge in [-0.05, 0) is 35.6 Å². The van der Waals surface area contributed by atoms with Crippen molar-refractivity contribution in [3.05, 3.63) is 47.3 Å². The number of H-pyrrole nitrogens is 1. The van der Waals surface area contributed by atoms with Gasteiger partial charge < -0.3 is 5.32 Å². The maximum atomic E-state index is 11.9. The maximum Gasteiger partial charge on any atom is 0.238 e. The van der Waals surface area contributed by atoms with Crippen molar-refractivity contribution >= 4 is 39.0 Å². The third-order valence-corrected chi connectivity index (χ3v) is 6.19. The molecule has 11 heteroatoms. The number of carbonyl (C=O) groups excluding carboxylic acids is 1. The van der Waals surface area contributed by atoms with Gasteiger partial charge in [0.1, 0.15) is 0 Å². The molecule has 0 aliphatic rings. The molecule has 2 aromatic heterocycles. The van der Waals surface area contributed by atoms with Crippen molar-refractivity contribution in [3.8, 4) is 10.7 Å². The van der Waals surface area contributed by atoms with Crippen molar-refractivity contribution in [3.63, 3.8) is 0 Å². The first-order valence-electron chi connectivity index (χ1n) is 7.89. The number of nitrogens with two attached hydrogens (primary N) is 1. The summed E-state index contributed by atoms with van der Waals surface area (Å²) in [6.45, 7) is 0.447. The number of thioether (sulfide) groups is 1. The standard InChI is InChI=1S/C16H17N5O3S3/c17-27(23,24)12-5-3-11(4-6-12)7-8-18-14(22)10-26-16-19-15(20-21-16)13-2-1-9-25-13/h1-6,9H,7-8,10H2,(H,18,22)(H2,17,23,24)(H,19,20,21). The monoisotopic (exact) mass is 423 g/mol. The smallest absolute Gasteiger partial charge is 0.238 e. The summed E-state index contributed by atoms with van der Waals surface area (Å²) in [6.07, 6.45) is 0.588. The second-order valence-corrected chi connectivity index (χ2v) is 8.97. The molecule has 0 spiro atoms. The molecule has 0 aliphatic carbocycles. The molecule has 27 heavy (non-hydrogen) atoms. The quantitative estimate of drug-likeness (QED) is 0.472. The summed E-state index contributed by atoms with van der Waals surface area (Å²) in [5.41, 5.74) is 0.907. The Labute approximate surface area is 164 Å². The van der Waals surface area contributed by atoms with E-state index in [0.717, 1.165) is 10.4 Å². The molecule has 0 atom stereocenters. The Bertz CT molecular complexity index is 998. The van der Waals surface area contributed by atoms with Crippen LogP contribution in [0.4, 0.5) is 0 Å². The highest BCUT2D eigenvalue weighted by Gasteiger charge is 2.10. The molecule has 2 heterocycles. The Morgan fingerprint density at radius 2 is 2.04 bits per heavy atom. The minimum atomic E-state index is -3.69. The zero-order valence-electron chi connectivity index (χ0n) is 14.1. The summed E-state index contributed by atoms with van der Waals surface area (Å²) in [5.74, 6) is 0.783. The van der Waals surface area contributed by atoms with E-state index in [-0.39, 0.29) is 16.6 Å². The summed E-state index contributed by atoms with van der Waals surface area (Å²) < 4.78 is 22.4. The molecule has 3 aromatic rings. The lowest BCUT2D eigenvalue weighted by Gasteiger charge is -2.05. The summed E-state index contributed by atoms with van der Waals surface area (Å²) in [4.78, 5) is 17.3. The number of hydrogen-bond donors (Lipinski definition) is 3. The summed E-state index contributed by atoms with van der Waals surface area (Å²) in [7, 11) is -3.69. The Morgan fingerprint density at radius 1 is 1.26 bits per heavy atom.